The SMILES string of the molecule is CCCO[C@]1(C(=O)Nc2ccc(O[C@H](C)CC)cc2C#N)CCC[C@@H](C)C1. The highest BCUT2D eigenvalue weighted by molar-refractivity contribution is 5.98. The molecule has 5 heteroatoms. The van der Waals surface area contributed by atoms with Crippen LogP contribution in [0.15, 0.2) is 18.2 Å². The van der Waals surface area contributed by atoms with E-state index in [4.69, 9.17) is 9.47 Å². The number of amides is 1. The van der Waals surface area contributed by atoms with E-state index in [1.54, 1.807) is 18.2 Å². The molecule has 1 aromatic carbocycles. The van der Waals surface area contributed by atoms with Crippen molar-refractivity contribution in [3.05, 3.63) is 23.8 Å². The first-order valence-electron chi connectivity index (χ1n) is 10.1. The maximum Gasteiger partial charge on any atom is 0.256 e. The predicted molar refractivity (Wildman–Crippen MR) is 107 cm³/mol. The van der Waals surface area contributed by atoms with Gasteiger partial charge < -0.3 is 14.8 Å². The van der Waals surface area contributed by atoms with Gasteiger partial charge in [-0.1, -0.05) is 27.2 Å². The van der Waals surface area contributed by atoms with Crippen LogP contribution in [0.5, 0.6) is 5.75 Å². The van der Waals surface area contributed by atoms with Gasteiger partial charge in [-0.05, 0) is 57.1 Å². The van der Waals surface area contributed by atoms with Crippen LogP contribution in [-0.4, -0.2) is 24.2 Å². The number of benzene rings is 1. The topological polar surface area (TPSA) is 71.3 Å². The van der Waals surface area contributed by atoms with E-state index in [2.05, 4.69) is 18.3 Å². The first kappa shape index (κ1) is 21.2. The summed E-state index contributed by atoms with van der Waals surface area (Å²) >= 11 is 0. The van der Waals surface area contributed by atoms with Crippen molar-refractivity contribution in [3.8, 4) is 11.8 Å². The second kappa shape index (κ2) is 9.75. The third kappa shape index (κ3) is 5.46. The summed E-state index contributed by atoms with van der Waals surface area (Å²) in [6.45, 7) is 8.80. The van der Waals surface area contributed by atoms with Gasteiger partial charge in [0.1, 0.15) is 17.4 Å². The molecule has 0 unspecified atom stereocenters. The fraction of sp³-hybridized carbons (Fsp3) is 0.636. The van der Waals surface area contributed by atoms with Crippen LogP contribution in [-0.2, 0) is 9.53 Å². The normalized spacial score (nSPS) is 23.3. The highest BCUT2D eigenvalue weighted by Gasteiger charge is 2.43. The maximum atomic E-state index is 13.1. The minimum absolute atomic E-state index is 0.0754. The van der Waals surface area contributed by atoms with Gasteiger partial charge in [0.2, 0.25) is 0 Å². The van der Waals surface area contributed by atoms with Gasteiger partial charge in [0.15, 0.2) is 0 Å². The number of hydrogen-bond donors (Lipinski definition) is 1. The molecule has 148 valence electrons. The zero-order valence-electron chi connectivity index (χ0n) is 17.0. The van der Waals surface area contributed by atoms with Gasteiger partial charge in [-0.25, -0.2) is 0 Å². The molecule has 0 bridgehead atoms. The lowest BCUT2D eigenvalue weighted by Gasteiger charge is -2.38. The molecule has 1 N–H and O–H groups in total. The summed E-state index contributed by atoms with van der Waals surface area (Å²) < 4.78 is 11.8. The van der Waals surface area contributed by atoms with Crippen LogP contribution in [0.3, 0.4) is 0 Å². The standard InChI is InChI=1S/C22H32N2O3/c1-5-12-26-22(11-7-8-16(3)14-22)21(25)24-20-10-9-19(13-18(20)15-23)27-17(4)6-2/h9-10,13,16-17H,5-8,11-12,14H2,1-4H3,(H,24,25)/t16-,17-,22-/m1/s1. The Morgan fingerprint density at radius 2 is 2.22 bits per heavy atom. The van der Waals surface area contributed by atoms with E-state index in [0.717, 1.165) is 38.5 Å². The largest absolute Gasteiger partial charge is 0.491 e. The van der Waals surface area contributed by atoms with Crippen molar-refractivity contribution < 1.29 is 14.3 Å². The van der Waals surface area contributed by atoms with E-state index in [9.17, 15) is 10.1 Å². The van der Waals surface area contributed by atoms with Gasteiger partial charge >= 0.3 is 0 Å². The molecule has 0 aliphatic heterocycles. The molecular weight excluding hydrogens is 340 g/mol. The number of rotatable bonds is 8. The van der Waals surface area contributed by atoms with Crippen molar-refractivity contribution in [1.29, 1.82) is 5.26 Å². The number of hydrogen-bond acceptors (Lipinski definition) is 4. The monoisotopic (exact) mass is 372 g/mol. The minimum Gasteiger partial charge on any atom is -0.491 e. The molecule has 1 aliphatic rings. The van der Waals surface area contributed by atoms with Crippen LogP contribution in [0.1, 0.15) is 71.8 Å². The average molecular weight is 373 g/mol. The van der Waals surface area contributed by atoms with Gasteiger partial charge in [-0.2, -0.15) is 5.26 Å². The Kier molecular flexibility index (Phi) is 7.67. The van der Waals surface area contributed by atoms with E-state index in [-0.39, 0.29) is 12.0 Å². The fourth-order valence-corrected chi connectivity index (χ4v) is 3.55. The van der Waals surface area contributed by atoms with Gasteiger partial charge in [0.25, 0.3) is 5.91 Å². The Morgan fingerprint density at radius 3 is 2.85 bits per heavy atom. The number of anilines is 1. The van der Waals surface area contributed by atoms with Crippen LogP contribution >= 0.6 is 0 Å². The number of nitrogens with one attached hydrogen (secondary N) is 1. The molecule has 0 heterocycles. The van der Waals surface area contributed by atoms with Gasteiger partial charge in [0.05, 0.1) is 17.4 Å². The molecule has 1 aromatic rings. The molecule has 27 heavy (non-hydrogen) atoms. The maximum absolute atomic E-state index is 13.1. The zero-order chi connectivity index (χ0) is 19.9. The summed E-state index contributed by atoms with van der Waals surface area (Å²) in [5, 5.41) is 12.5. The summed E-state index contributed by atoms with van der Waals surface area (Å²) in [7, 11) is 0. The molecule has 1 fully saturated rings. The molecule has 0 radical (unpaired) electrons. The zero-order valence-corrected chi connectivity index (χ0v) is 17.0. The summed E-state index contributed by atoms with van der Waals surface area (Å²) in [5.41, 5.74) is 0.113. The van der Waals surface area contributed by atoms with Gasteiger partial charge in [-0.3, -0.25) is 4.79 Å². The second-order valence-electron chi connectivity index (χ2n) is 7.65. The number of nitrogens with zero attached hydrogens (tertiary/aromatic N) is 1. The van der Waals surface area contributed by atoms with Crippen molar-refractivity contribution in [2.24, 2.45) is 5.92 Å². The Bertz CT molecular complexity index is 683. The molecular formula is C22H32N2O3. The van der Waals surface area contributed by atoms with E-state index in [1.165, 1.54) is 0 Å². The fourth-order valence-electron chi connectivity index (χ4n) is 3.55. The van der Waals surface area contributed by atoms with Crippen LogP contribution < -0.4 is 10.1 Å². The van der Waals surface area contributed by atoms with Crippen molar-refractivity contribution in [1.82, 2.24) is 0 Å². The van der Waals surface area contributed by atoms with Crippen LogP contribution in [0.2, 0.25) is 0 Å². The average Bonchev–Trinajstić information content (AvgIpc) is 2.67. The molecule has 3 atom stereocenters. The lowest BCUT2D eigenvalue weighted by atomic mass is 9.78. The van der Waals surface area contributed by atoms with Crippen molar-refractivity contribution in [2.75, 3.05) is 11.9 Å². The Labute approximate surface area is 163 Å². The van der Waals surface area contributed by atoms with Crippen molar-refractivity contribution >= 4 is 11.6 Å². The first-order valence-corrected chi connectivity index (χ1v) is 10.1. The third-order valence-corrected chi connectivity index (χ3v) is 5.22. The Balaban J connectivity index is 2.20. The highest BCUT2D eigenvalue weighted by Crippen LogP contribution is 2.37. The Morgan fingerprint density at radius 1 is 1.44 bits per heavy atom. The Hall–Kier alpha value is -2.06. The summed E-state index contributed by atoms with van der Waals surface area (Å²) in [5.74, 6) is 0.944. The summed E-state index contributed by atoms with van der Waals surface area (Å²) in [6, 6.07) is 7.39. The van der Waals surface area contributed by atoms with E-state index < -0.39 is 5.60 Å². The quantitative estimate of drug-likeness (QED) is 0.693. The predicted octanol–water partition coefficient (Wildman–Crippen LogP) is 5.05. The van der Waals surface area contributed by atoms with E-state index >= 15 is 0 Å². The number of carbonyl (C=O) groups is 1. The third-order valence-electron chi connectivity index (χ3n) is 5.22. The van der Waals surface area contributed by atoms with E-state index in [1.807, 2.05) is 20.8 Å². The summed E-state index contributed by atoms with van der Waals surface area (Å²) in [6.07, 6.45) is 5.37. The number of carbonyl (C=O) groups excluding carboxylic acids is 1. The van der Waals surface area contributed by atoms with Crippen LogP contribution in [0.25, 0.3) is 0 Å². The minimum atomic E-state index is -0.799. The second-order valence-corrected chi connectivity index (χ2v) is 7.65. The molecule has 2 rings (SSSR count). The van der Waals surface area contributed by atoms with Gasteiger partial charge in [0, 0.05) is 12.7 Å². The van der Waals surface area contributed by atoms with Crippen LogP contribution in [0, 0.1) is 17.2 Å². The lowest BCUT2D eigenvalue weighted by Crippen LogP contribution is -2.48. The van der Waals surface area contributed by atoms with E-state index in [0.29, 0.717) is 29.5 Å². The van der Waals surface area contributed by atoms with Gasteiger partial charge in [-0.15, -0.1) is 0 Å². The molecule has 0 spiro atoms. The smallest absolute Gasteiger partial charge is 0.256 e. The number of nitriles is 1. The van der Waals surface area contributed by atoms with Crippen LogP contribution in [0.4, 0.5) is 5.69 Å². The molecule has 5 nitrogen and oxygen atoms in total. The van der Waals surface area contributed by atoms with Crippen molar-refractivity contribution in [2.45, 2.75) is 77.9 Å². The molecule has 1 aliphatic carbocycles. The summed E-state index contributed by atoms with van der Waals surface area (Å²) in [4.78, 5) is 13.1. The molecule has 0 aromatic heterocycles. The van der Waals surface area contributed by atoms with Crippen molar-refractivity contribution in [3.63, 3.8) is 0 Å². The molecule has 0 saturated heterocycles. The molecule has 1 saturated carbocycles. The first-order chi connectivity index (χ1) is 12.9. The number of ether oxygens (including phenoxy) is 2. The lowest BCUT2D eigenvalue weighted by molar-refractivity contribution is -0.148. The molecule has 1 amide bonds. The highest BCUT2D eigenvalue weighted by atomic mass is 16.5.